The van der Waals surface area contributed by atoms with Crippen LogP contribution in [0.5, 0.6) is 0 Å². The molecule has 3 heterocycles. The number of hydrazone groups is 1. The molecular formula is C29H28BrN3O. The third kappa shape index (κ3) is 3.40. The SMILES string of the molecule is CC1=NN(c2ccccc2)C(=O)C12Cc1cc(Br)ccc1N1CCC(Cc3ccccc3)CC12. The number of piperidine rings is 1. The van der Waals surface area contributed by atoms with Gasteiger partial charge in [0.25, 0.3) is 5.91 Å². The Kier molecular flexibility index (Phi) is 5.33. The molecule has 0 radical (unpaired) electrons. The number of hydrogen-bond acceptors (Lipinski definition) is 3. The van der Waals surface area contributed by atoms with Gasteiger partial charge in [0.1, 0.15) is 5.41 Å². The standard InChI is InChI=1S/C29H28BrN3O/c1-20-29(28(34)33(31-20)25-10-6-3-7-11-25)19-23-18-24(30)12-13-26(23)32-15-14-22(17-27(29)32)16-21-8-4-2-5-9-21/h2-13,18,22,27H,14-17,19H2,1H3. The van der Waals surface area contributed by atoms with Crippen molar-refractivity contribution in [2.45, 2.75) is 38.6 Å². The quantitative estimate of drug-likeness (QED) is 0.415. The second-order valence-electron chi connectivity index (χ2n) is 9.85. The Morgan fingerprint density at radius 2 is 1.76 bits per heavy atom. The van der Waals surface area contributed by atoms with E-state index in [1.165, 1.54) is 16.8 Å². The van der Waals surface area contributed by atoms with Gasteiger partial charge in [0.2, 0.25) is 0 Å². The van der Waals surface area contributed by atoms with Crippen molar-refractivity contribution in [3.8, 4) is 0 Å². The fraction of sp³-hybridized carbons (Fsp3) is 0.310. The van der Waals surface area contributed by atoms with Crippen LogP contribution in [0.3, 0.4) is 0 Å². The molecule has 3 aliphatic heterocycles. The summed E-state index contributed by atoms with van der Waals surface area (Å²) in [4.78, 5) is 16.8. The number of hydrogen-bond donors (Lipinski definition) is 0. The Labute approximate surface area is 209 Å². The maximum atomic E-state index is 14.3. The van der Waals surface area contributed by atoms with Gasteiger partial charge in [0.15, 0.2) is 0 Å². The minimum absolute atomic E-state index is 0.105. The van der Waals surface area contributed by atoms with Crippen molar-refractivity contribution in [1.82, 2.24) is 0 Å². The van der Waals surface area contributed by atoms with E-state index in [0.29, 0.717) is 12.3 Å². The zero-order chi connectivity index (χ0) is 23.3. The number of nitrogens with zero attached hydrogens (tertiary/aromatic N) is 3. The number of carbonyl (C=O) groups excluding carboxylic acids is 1. The smallest absolute Gasteiger partial charge is 0.261 e. The Hall–Kier alpha value is -2.92. The molecule has 0 aliphatic carbocycles. The molecule has 6 rings (SSSR count). The predicted octanol–water partition coefficient (Wildman–Crippen LogP) is 6.24. The lowest BCUT2D eigenvalue weighted by Gasteiger charge is -2.52. The third-order valence-electron chi connectivity index (χ3n) is 7.94. The van der Waals surface area contributed by atoms with Crippen LogP contribution >= 0.6 is 15.9 Å². The highest BCUT2D eigenvalue weighted by atomic mass is 79.9. The zero-order valence-electron chi connectivity index (χ0n) is 19.3. The van der Waals surface area contributed by atoms with Gasteiger partial charge in [-0.3, -0.25) is 4.79 Å². The predicted molar refractivity (Wildman–Crippen MR) is 141 cm³/mol. The first-order valence-corrected chi connectivity index (χ1v) is 12.9. The van der Waals surface area contributed by atoms with Crippen LogP contribution in [0.1, 0.15) is 30.9 Å². The number of para-hydroxylation sites is 1. The van der Waals surface area contributed by atoms with E-state index in [1.807, 2.05) is 30.3 Å². The second kappa shape index (κ2) is 8.38. The first kappa shape index (κ1) is 21.6. The summed E-state index contributed by atoms with van der Waals surface area (Å²) in [5.74, 6) is 0.654. The first-order valence-electron chi connectivity index (χ1n) is 12.1. The van der Waals surface area contributed by atoms with E-state index >= 15 is 0 Å². The molecule has 3 atom stereocenters. The van der Waals surface area contributed by atoms with Gasteiger partial charge < -0.3 is 4.90 Å². The summed E-state index contributed by atoms with van der Waals surface area (Å²) in [6, 6.07) is 27.2. The fourth-order valence-electron chi connectivity index (χ4n) is 6.28. The van der Waals surface area contributed by atoms with Crippen molar-refractivity contribution < 1.29 is 4.79 Å². The van der Waals surface area contributed by atoms with Crippen molar-refractivity contribution in [2.75, 3.05) is 16.5 Å². The molecule has 3 aromatic carbocycles. The summed E-state index contributed by atoms with van der Waals surface area (Å²) >= 11 is 3.66. The average Bonchev–Trinajstić information content (AvgIpc) is 3.11. The molecule has 4 nitrogen and oxygen atoms in total. The van der Waals surface area contributed by atoms with E-state index in [-0.39, 0.29) is 11.9 Å². The zero-order valence-corrected chi connectivity index (χ0v) is 20.9. The number of halogens is 1. The van der Waals surface area contributed by atoms with Crippen LogP contribution in [0.4, 0.5) is 11.4 Å². The Morgan fingerprint density at radius 3 is 2.53 bits per heavy atom. The number of rotatable bonds is 3. The molecule has 1 amide bonds. The molecule has 3 aliphatic rings. The van der Waals surface area contributed by atoms with Gasteiger partial charge >= 0.3 is 0 Å². The number of carbonyl (C=O) groups is 1. The van der Waals surface area contributed by atoms with Gasteiger partial charge in [-0.15, -0.1) is 0 Å². The van der Waals surface area contributed by atoms with Crippen LogP contribution in [-0.4, -0.2) is 24.2 Å². The molecule has 172 valence electrons. The normalized spacial score (nSPS) is 25.8. The third-order valence-corrected chi connectivity index (χ3v) is 8.43. The van der Waals surface area contributed by atoms with Gasteiger partial charge in [-0.05, 0) is 80.0 Å². The Balaban J connectivity index is 1.41. The lowest BCUT2D eigenvalue weighted by Crippen LogP contribution is -2.62. The van der Waals surface area contributed by atoms with Crippen LogP contribution in [0.2, 0.25) is 0 Å². The summed E-state index contributed by atoms with van der Waals surface area (Å²) in [6.45, 7) is 3.02. The van der Waals surface area contributed by atoms with Crippen LogP contribution < -0.4 is 9.91 Å². The highest BCUT2D eigenvalue weighted by Gasteiger charge is 2.59. The maximum Gasteiger partial charge on any atom is 0.261 e. The van der Waals surface area contributed by atoms with Crippen molar-refractivity contribution in [3.63, 3.8) is 0 Å². The van der Waals surface area contributed by atoms with Gasteiger partial charge in [-0.1, -0.05) is 64.5 Å². The topological polar surface area (TPSA) is 35.9 Å². The van der Waals surface area contributed by atoms with Gasteiger partial charge in [-0.2, -0.15) is 10.1 Å². The van der Waals surface area contributed by atoms with Crippen LogP contribution in [0.15, 0.2) is 88.4 Å². The molecule has 3 unspecified atom stereocenters. The Bertz CT molecular complexity index is 1260. The van der Waals surface area contributed by atoms with Crippen LogP contribution in [0.25, 0.3) is 0 Å². The van der Waals surface area contributed by atoms with Gasteiger partial charge in [0, 0.05) is 22.7 Å². The fourth-order valence-corrected chi connectivity index (χ4v) is 6.69. The summed E-state index contributed by atoms with van der Waals surface area (Å²) in [5, 5.41) is 6.52. The minimum atomic E-state index is -0.640. The van der Waals surface area contributed by atoms with E-state index < -0.39 is 5.41 Å². The Morgan fingerprint density at radius 1 is 1.03 bits per heavy atom. The van der Waals surface area contributed by atoms with E-state index in [1.54, 1.807) is 5.01 Å². The van der Waals surface area contributed by atoms with E-state index in [0.717, 1.165) is 41.7 Å². The van der Waals surface area contributed by atoms with Crippen LogP contribution in [0, 0.1) is 11.3 Å². The van der Waals surface area contributed by atoms with E-state index in [9.17, 15) is 4.79 Å². The van der Waals surface area contributed by atoms with E-state index in [2.05, 4.69) is 76.3 Å². The molecule has 1 saturated heterocycles. The van der Waals surface area contributed by atoms with Crippen molar-refractivity contribution in [2.24, 2.45) is 16.4 Å². The lowest BCUT2D eigenvalue weighted by molar-refractivity contribution is -0.125. The highest BCUT2D eigenvalue weighted by Crippen LogP contribution is 2.51. The lowest BCUT2D eigenvalue weighted by atomic mass is 9.64. The molecule has 34 heavy (non-hydrogen) atoms. The van der Waals surface area contributed by atoms with Crippen molar-refractivity contribution in [1.29, 1.82) is 0 Å². The summed E-state index contributed by atoms with van der Waals surface area (Å²) in [5.41, 5.74) is 5.01. The van der Waals surface area contributed by atoms with Gasteiger partial charge in [0.05, 0.1) is 11.4 Å². The highest BCUT2D eigenvalue weighted by molar-refractivity contribution is 9.10. The largest absolute Gasteiger partial charge is 0.367 e. The second-order valence-corrected chi connectivity index (χ2v) is 10.8. The monoisotopic (exact) mass is 513 g/mol. The van der Waals surface area contributed by atoms with E-state index in [4.69, 9.17) is 5.10 Å². The number of amides is 1. The molecule has 5 heteroatoms. The molecule has 3 aromatic rings. The summed E-state index contributed by atoms with van der Waals surface area (Å²) in [6.07, 6.45) is 3.87. The molecule has 1 fully saturated rings. The van der Waals surface area contributed by atoms with Crippen LogP contribution in [-0.2, 0) is 17.6 Å². The molecule has 1 spiro atoms. The van der Waals surface area contributed by atoms with Crippen molar-refractivity contribution in [3.05, 3.63) is 94.5 Å². The number of anilines is 2. The number of fused-ring (bicyclic) bond motifs is 4. The van der Waals surface area contributed by atoms with Gasteiger partial charge in [-0.25, -0.2) is 0 Å². The average molecular weight is 514 g/mol. The number of benzene rings is 3. The molecule has 0 saturated carbocycles. The molecule has 0 bridgehead atoms. The molecular weight excluding hydrogens is 486 g/mol. The summed E-state index contributed by atoms with van der Waals surface area (Å²) < 4.78 is 1.05. The molecule has 0 N–H and O–H groups in total. The maximum absolute atomic E-state index is 14.3. The van der Waals surface area contributed by atoms with Crippen molar-refractivity contribution >= 4 is 38.9 Å². The minimum Gasteiger partial charge on any atom is -0.367 e. The summed E-state index contributed by atoms with van der Waals surface area (Å²) in [7, 11) is 0. The first-order chi connectivity index (χ1) is 16.6. The molecule has 0 aromatic heterocycles.